The smallest absolute Gasteiger partial charge is 0.335 e. The number of nitrogens with one attached hydrogen (secondary N) is 1. The van der Waals surface area contributed by atoms with E-state index in [0.717, 1.165) is 6.07 Å². The Morgan fingerprint density at radius 2 is 1.52 bits per heavy atom. The minimum atomic E-state index is -1.25. The maximum atomic E-state index is 12.4. The number of rotatable bonds is 7. The Morgan fingerprint density at radius 3 is 2.12 bits per heavy atom. The maximum Gasteiger partial charge on any atom is 0.335 e. The Morgan fingerprint density at radius 1 is 0.920 bits per heavy atom. The van der Waals surface area contributed by atoms with Crippen LogP contribution in [0.3, 0.4) is 0 Å². The lowest BCUT2D eigenvalue weighted by atomic mass is 10.1. The number of amides is 1. The molecule has 128 valence electrons. The number of benzene rings is 2. The molecule has 0 spiro atoms. The number of carboxylic acid groups (broad SMARTS) is 1. The second-order valence-electron chi connectivity index (χ2n) is 4.97. The molecule has 1 amide bonds. The van der Waals surface area contributed by atoms with Gasteiger partial charge in [0.15, 0.2) is 0 Å². The molecule has 0 aromatic heterocycles. The highest BCUT2D eigenvalue weighted by Crippen LogP contribution is 2.23. The fourth-order valence-electron chi connectivity index (χ4n) is 2.12. The predicted molar refractivity (Wildman–Crippen MR) is 85.9 cm³/mol. The Kier molecular flexibility index (Phi) is 5.47. The van der Waals surface area contributed by atoms with E-state index >= 15 is 0 Å². The van der Waals surface area contributed by atoms with Gasteiger partial charge in [0.2, 0.25) is 0 Å². The molecular formula is C17H13NO7. The molecule has 0 heterocycles. The largest absolute Gasteiger partial charge is 0.478 e. The van der Waals surface area contributed by atoms with Gasteiger partial charge >= 0.3 is 5.97 Å². The monoisotopic (exact) mass is 343 g/mol. The molecule has 25 heavy (non-hydrogen) atoms. The first-order chi connectivity index (χ1) is 11.9. The topological polar surface area (TPSA) is 119 Å². The molecule has 8 nitrogen and oxygen atoms in total. The van der Waals surface area contributed by atoms with Crippen LogP contribution in [0.2, 0.25) is 0 Å². The van der Waals surface area contributed by atoms with E-state index in [1.807, 2.05) is 0 Å². The average Bonchev–Trinajstić information content (AvgIpc) is 2.54. The van der Waals surface area contributed by atoms with Crippen molar-refractivity contribution < 1.29 is 33.8 Å². The molecule has 0 unspecified atom stereocenters. The Bertz CT molecular complexity index is 845. The van der Waals surface area contributed by atoms with Crippen LogP contribution in [0.5, 0.6) is 11.5 Å². The van der Waals surface area contributed by atoms with E-state index < -0.39 is 11.9 Å². The molecular weight excluding hydrogens is 330 g/mol. The van der Waals surface area contributed by atoms with E-state index in [4.69, 9.17) is 9.84 Å². The van der Waals surface area contributed by atoms with Crippen molar-refractivity contribution in [2.24, 2.45) is 0 Å². The van der Waals surface area contributed by atoms with Crippen molar-refractivity contribution in [1.82, 2.24) is 0 Å². The van der Waals surface area contributed by atoms with Gasteiger partial charge in [-0.05, 0) is 42.8 Å². The molecule has 0 saturated carbocycles. The summed E-state index contributed by atoms with van der Waals surface area (Å²) >= 11 is 0. The molecule has 8 heteroatoms. The molecule has 0 atom stereocenters. The van der Waals surface area contributed by atoms with Crippen LogP contribution in [0.4, 0.5) is 5.69 Å². The number of hydrogen-bond donors (Lipinski definition) is 2. The standard InChI is InChI=1S/C17H13NO7/c1-10-2-11(5-14(3-10)24-8-19)16(21)18-13-4-12(17(22)23)6-15(7-13)25-9-20/h2-9H,1H3,(H,18,21)(H,22,23). The van der Waals surface area contributed by atoms with E-state index in [1.54, 1.807) is 19.1 Å². The van der Waals surface area contributed by atoms with Crippen LogP contribution in [0, 0.1) is 6.92 Å². The molecule has 0 radical (unpaired) electrons. The Labute approximate surface area is 142 Å². The van der Waals surface area contributed by atoms with Gasteiger partial charge in [0.25, 0.3) is 18.9 Å². The Hall–Kier alpha value is -3.68. The molecule has 0 aliphatic rings. The zero-order chi connectivity index (χ0) is 18.4. The summed E-state index contributed by atoms with van der Waals surface area (Å²) < 4.78 is 9.37. The highest BCUT2D eigenvalue weighted by Gasteiger charge is 2.13. The molecule has 2 rings (SSSR count). The summed E-state index contributed by atoms with van der Waals surface area (Å²) in [5.74, 6) is -1.63. The highest BCUT2D eigenvalue weighted by molar-refractivity contribution is 6.05. The first kappa shape index (κ1) is 17.7. The van der Waals surface area contributed by atoms with Crippen molar-refractivity contribution in [3.63, 3.8) is 0 Å². The normalized spacial score (nSPS) is 9.80. The lowest BCUT2D eigenvalue weighted by Gasteiger charge is -2.10. The number of hydrogen-bond acceptors (Lipinski definition) is 6. The summed E-state index contributed by atoms with van der Waals surface area (Å²) in [6.45, 7) is 2.11. The summed E-state index contributed by atoms with van der Waals surface area (Å²) in [5.41, 5.74) is 0.856. The van der Waals surface area contributed by atoms with E-state index in [9.17, 15) is 19.2 Å². The quantitative estimate of drug-likeness (QED) is 0.738. The molecule has 2 N–H and O–H groups in total. The number of ether oxygens (including phenoxy) is 2. The molecule has 0 aliphatic carbocycles. The van der Waals surface area contributed by atoms with Crippen LogP contribution in [0.15, 0.2) is 36.4 Å². The van der Waals surface area contributed by atoms with Crippen molar-refractivity contribution >= 4 is 30.5 Å². The van der Waals surface area contributed by atoms with Gasteiger partial charge in [0.1, 0.15) is 11.5 Å². The fourth-order valence-corrected chi connectivity index (χ4v) is 2.12. The third kappa shape index (κ3) is 4.64. The first-order valence-corrected chi connectivity index (χ1v) is 6.95. The van der Waals surface area contributed by atoms with Gasteiger partial charge in [-0.25, -0.2) is 4.79 Å². The van der Waals surface area contributed by atoms with Crippen molar-refractivity contribution in [3.05, 3.63) is 53.1 Å². The van der Waals surface area contributed by atoms with Gasteiger partial charge in [0, 0.05) is 17.3 Å². The van der Waals surface area contributed by atoms with Crippen molar-refractivity contribution in [1.29, 1.82) is 0 Å². The van der Waals surface area contributed by atoms with Gasteiger partial charge in [0.05, 0.1) is 5.56 Å². The number of anilines is 1. The number of aryl methyl sites for hydroxylation is 1. The maximum absolute atomic E-state index is 12.4. The van der Waals surface area contributed by atoms with Gasteiger partial charge in [-0.2, -0.15) is 0 Å². The van der Waals surface area contributed by atoms with Crippen LogP contribution in [0.1, 0.15) is 26.3 Å². The third-order valence-corrected chi connectivity index (χ3v) is 3.09. The van der Waals surface area contributed by atoms with Crippen molar-refractivity contribution in [3.8, 4) is 11.5 Å². The van der Waals surface area contributed by atoms with Gasteiger partial charge in [-0.15, -0.1) is 0 Å². The zero-order valence-corrected chi connectivity index (χ0v) is 13.0. The Balaban J connectivity index is 2.32. The number of carboxylic acids is 1. The number of carbonyl (C=O) groups excluding carboxylic acids is 3. The van der Waals surface area contributed by atoms with E-state index in [-0.39, 0.29) is 41.3 Å². The highest BCUT2D eigenvalue weighted by atomic mass is 16.5. The second-order valence-corrected chi connectivity index (χ2v) is 4.97. The van der Waals surface area contributed by atoms with Gasteiger partial charge < -0.3 is 19.9 Å². The molecule has 0 bridgehead atoms. The third-order valence-electron chi connectivity index (χ3n) is 3.09. The van der Waals surface area contributed by atoms with Crippen LogP contribution in [-0.2, 0) is 9.59 Å². The minimum Gasteiger partial charge on any atom is -0.478 e. The molecule has 0 saturated heterocycles. The molecule has 0 aliphatic heterocycles. The van der Waals surface area contributed by atoms with Crippen LogP contribution < -0.4 is 14.8 Å². The zero-order valence-electron chi connectivity index (χ0n) is 13.0. The van der Waals surface area contributed by atoms with Gasteiger partial charge in [-0.1, -0.05) is 0 Å². The summed E-state index contributed by atoms with van der Waals surface area (Å²) in [4.78, 5) is 44.4. The van der Waals surface area contributed by atoms with Crippen molar-refractivity contribution in [2.75, 3.05) is 5.32 Å². The molecule has 2 aromatic rings. The molecule has 0 fully saturated rings. The van der Waals surface area contributed by atoms with E-state index in [1.165, 1.54) is 18.2 Å². The summed E-state index contributed by atoms with van der Waals surface area (Å²) in [6, 6.07) is 8.17. The average molecular weight is 343 g/mol. The van der Waals surface area contributed by atoms with E-state index in [2.05, 4.69) is 10.1 Å². The van der Waals surface area contributed by atoms with Crippen LogP contribution in [-0.4, -0.2) is 29.9 Å². The summed E-state index contributed by atoms with van der Waals surface area (Å²) in [7, 11) is 0. The first-order valence-electron chi connectivity index (χ1n) is 6.95. The number of carbonyl (C=O) groups is 4. The SMILES string of the molecule is Cc1cc(OC=O)cc(C(=O)Nc2cc(OC=O)cc(C(=O)O)c2)c1. The number of aromatic carboxylic acids is 1. The lowest BCUT2D eigenvalue weighted by molar-refractivity contribution is -0.121. The summed E-state index contributed by atoms with van der Waals surface area (Å²) in [6.07, 6.45) is 0. The lowest BCUT2D eigenvalue weighted by Crippen LogP contribution is -2.13. The minimum absolute atomic E-state index is 0.0283. The van der Waals surface area contributed by atoms with Crippen LogP contribution in [0.25, 0.3) is 0 Å². The van der Waals surface area contributed by atoms with Gasteiger partial charge in [-0.3, -0.25) is 14.4 Å². The molecule has 2 aromatic carbocycles. The van der Waals surface area contributed by atoms with E-state index in [0.29, 0.717) is 5.56 Å². The van der Waals surface area contributed by atoms with Crippen LogP contribution >= 0.6 is 0 Å². The van der Waals surface area contributed by atoms with Crippen molar-refractivity contribution in [2.45, 2.75) is 6.92 Å². The summed E-state index contributed by atoms with van der Waals surface area (Å²) in [5, 5.41) is 11.6. The predicted octanol–water partition coefficient (Wildman–Crippen LogP) is 2.02. The second kappa shape index (κ2) is 7.73. The fraction of sp³-hybridized carbons (Fsp3) is 0.0588.